The number of rotatable bonds is 2. The summed E-state index contributed by atoms with van der Waals surface area (Å²) in [5.74, 6) is 0.0926. The van der Waals surface area contributed by atoms with Crippen molar-refractivity contribution < 1.29 is 4.79 Å². The molecule has 0 N–H and O–H groups in total. The lowest BCUT2D eigenvalue weighted by Crippen LogP contribution is -2.50. The minimum Gasteiger partial charge on any atom is -0.335 e. The van der Waals surface area contributed by atoms with Crippen LogP contribution in [0.4, 0.5) is 0 Å². The van der Waals surface area contributed by atoms with Crippen molar-refractivity contribution in [3.8, 4) is 6.07 Å². The highest BCUT2D eigenvalue weighted by atomic mass is 79.9. The number of amides is 1. The molecule has 0 spiro atoms. The third-order valence-electron chi connectivity index (χ3n) is 3.12. The zero-order valence-corrected chi connectivity index (χ0v) is 12.5. The fourth-order valence-electron chi connectivity index (χ4n) is 1.98. The molecular weight excluding hydrogens is 314 g/mol. The molecule has 1 atom stereocenters. The average Bonchev–Trinajstić information content (AvgIpc) is 2.84. The predicted molar refractivity (Wildman–Crippen MR) is 74.6 cm³/mol. The minimum absolute atomic E-state index is 0.0712. The Labute approximate surface area is 119 Å². The molecule has 1 amide bonds. The van der Waals surface area contributed by atoms with Gasteiger partial charge in [-0.2, -0.15) is 5.26 Å². The molecule has 1 aliphatic heterocycles. The van der Waals surface area contributed by atoms with Gasteiger partial charge in [-0.1, -0.05) is 0 Å². The van der Waals surface area contributed by atoms with E-state index in [4.69, 9.17) is 5.26 Å². The van der Waals surface area contributed by atoms with Gasteiger partial charge in [0, 0.05) is 26.2 Å². The first kappa shape index (κ1) is 13.5. The molecule has 2 heterocycles. The maximum absolute atomic E-state index is 12.2. The van der Waals surface area contributed by atoms with E-state index >= 15 is 0 Å². The second kappa shape index (κ2) is 5.83. The van der Waals surface area contributed by atoms with Gasteiger partial charge in [0.1, 0.15) is 0 Å². The summed E-state index contributed by atoms with van der Waals surface area (Å²) in [7, 11) is 0. The van der Waals surface area contributed by atoms with Crippen LogP contribution in [0.2, 0.25) is 0 Å². The summed E-state index contributed by atoms with van der Waals surface area (Å²) in [5.41, 5.74) is 0. The number of halogens is 1. The highest BCUT2D eigenvalue weighted by molar-refractivity contribution is 9.11. The topological polar surface area (TPSA) is 47.3 Å². The van der Waals surface area contributed by atoms with Gasteiger partial charge in [-0.05, 0) is 35.0 Å². The molecular formula is C12H14BrN3OS. The number of carbonyl (C=O) groups is 1. The summed E-state index contributed by atoms with van der Waals surface area (Å²) < 4.78 is 0.975. The van der Waals surface area contributed by atoms with E-state index in [0.29, 0.717) is 13.1 Å². The molecule has 1 unspecified atom stereocenters. The lowest BCUT2D eigenvalue weighted by Gasteiger charge is -2.35. The number of carbonyl (C=O) groups excluding carboxylic acids is 1. The maximum atomic E-state index is 12.2. The SMILES string of the molecule is CC(C#N)N1CCN(C(=O)c2ccc(Br)s2)CC1. The predicted octanol–water partition coefficient (Wildman–Crippen LogP) is 2.18. The zero-order valence-electron chi connectivity index (χ0n) is 10.1. The van der Waals surface area contributed by atoms with Crippen LogP contribution in [-0.4, -0.2) is 47.9 Å². The number of thiophene rings is 1. The first-order valence-corrected chi connectivity index (χ1v) is 7.41. The molecule has 0 saturated carbocycles. The Morgan fingerprint density at radius 2 is 2.11 bits per heavy atom. The van der Waals surface area contributed by atoms with E-state index < -0.39 is 0 Å². The molecule has 0 bridgehead atoms. The Hall–Kier alpha value is -0.900. The van der Waals surface area contributed by atoms with Gasteiger partial charge in [-0.15, -0.1) is 11.3 Å². The number of piperazine rings is 1. The van der Waals surface area contributed by atoms with E-state index in [2.05, 4.69) is 26.9 Å². The van der Waals surface area contributed by atoms with Crippen molar-refractivity contribution in [2.75, 3.05) is 26.2 Å². The second-order valence-electron chi connectivity index (χ2n) is 4.24. The minimum atomic E-state index is -0.0712. The third-order valence-corrected chi connectivity index (χ3v) is 4.73. The van der Waals surface area contributed by atoms with E-state index in [1.807, 2.05) is 24.0 Å². The molecule has 1 aliphatic rings. The summed E-state index contributed by atoms with van der Waals surface area (Å²) in [6.07, 6.45) is 0. The van der Waals surface area contributed by atoms with E-state index in [-0.39, 0.29) is 11.9 Å². The zero-order chi connectivity index (χ0) is 13.1. The molecule has 1 aromatic rings. The normalized spacial score (nSPS) is 18.4. The van der Waals surface area contributed by atoms with Crippen LogP contribution in [0, 0.1) is 11.3 Å². The van der Waals surface area contributed by atoms with Crippen molar-refractivity contribution in [3.05, 3.63) is 20.8 Å². The number of nitriles is 1. The molecule has 1 fully saturated rings. The highest BCUT2D eigenvalue weighted by Crippen LogP contribution is 2.23. The van der Waals surface area contributed by atoms with Crippen LogP contribution in [0.1, 0.15) is 16.6 Å². The van der Waals surface area contributed by atoms with Gasteiger partial charge in [-0.25, -0.2) is 0 Å². The van der Waals surface area contributed by atoms with Gasteiger partial charge in [0.25, 0.3) is 5.91 Å². The summed E-state index contributed by atoms with van der Waals surface area (Å²) in [6, 6.07) is 5.90. The average molecular weight is 328 g/mol. The standard InChI is InChI=1S/C12H14BrN3OS/c1-9(8-14)15-4-6-16(7-5-15)12(17)10-2-3-11(13)18-10/h2-3,9H,4-7H2,1H3. The summed E-state index contributed by atoms with van der Waals surface area (Å²) in [5, 5.41) is 8.87. The van der Waals surface area contributed by atoms with E-state index in [1.165, 1.54) is 11.3 Å². The number of hydrogen-bond acceptors (Lipinski definition) is 4. The quantitative estimate of drug-likeness (QED) is 0.836. The Kier molecular flexibility index (Phi) is 4.38. The van der Waals surface area contributed by atoms with Crippen molar-refractivity contribution in [2.45, 2.75) is 13.0 Å². The monoisotopic (exact) mass is 327 g/mol. The molecule has 1 aromatic heterocycles. The highest BCUT2D eigenvalue weighted by Gasteiger charge is 2.25. The number of nitrogens with zero attached hydrogens (tertiary/aromatic N) is 3. The third kappa shape index (κ3) is 2.91. The van der Waals surface area contributed by atoms with Crippen LogP contribution in [-0.2, 0) is 0 Å². The van der Waals surface area contributed by atoms with Crippen molar-refractivity contribution >= 4 is 33.2 Å². The Balaban J connectivity index is 1.94. The van der Waals surface area contributed by atoms with Crippen molar-refractivity contribution in [1.82, 2.24) is 9.80 Å². The maximum Gasteiger partial charge on any atom is 0.264 e. The molecule has 0 aromatic carbocycles. The largest absolute Gasteiger partial charge is 0.335 e. The fourth-order valence-corrected chi connectivity index (χ4v) is 3.33. The van der Waals surface area contributed by atoms with Crippen molar-refractivity contribution in [3.63, 3.8) is 0 Å². The molecule has 0 aliphatic carbocycles. The van der Waals surface area contributed by atoms with Gasteiger partial charge in [0.15, 0.2) is 0 Å². The van der Waals surface area contributed by atoms with Crippen LogP contribution in [0.15, 0.2) is 15.9 Å². The first-order chi connectivity index (χ1) is 8.61. The molecule has 6 heteroatoms. The molecule has 4 nitrogen and oxygen atoms in total. The second-order valence-corrected chi connectivity index (χ2v) is 6.70. The van der Waals surface area contributed by atoms with Gasteiger partial charge in [0.05, 0.1) is 20.8 Å². The lowest BCUT2D eigenvalue weighted by molar-refractivity contribution is 0.0620. The van der Waals surface area contributed by atoms with Crippen LogP contribution >= 0.6 is 27.3 Å². The van der Waals surface area contributed by atoms with Crippen LogP contribution < -0.4 is 0 Å². The molecule has 0 radical (unpaired) electrons. The Morgan fingerprint density at radius 3 is 2.61 bits per heavy atom. The van der Waals surface area contributed by atoms with Crippen LogP contribution in [0.5, 0.6) is 0 Å². The smallest absolute Gasteiger partial charge is 0.264 e. The van der Waals surface area contributed by atoms with E-state index in [9.17, 15) is 4.79 Å². The summed E-state index contributed by atoms with van der Waals surface area (Å²) in [6.45, 7) is 4.83. The van der Waals surface area contributed by atoms with Crippen LogP contribution in [0.3, 0.4) is 0 Å². The van der Waals surface area contributed by atoms with Crippen LogP contribution in [0.25, 0.3) is 0 Å². The first-order valence-electron chi connectivity index (χ1n) is 5.80. The van der Waals surface area contributed by atoms with Gasteiger partial charge in [-0.3, -0.25) is 9.69 Å². The van der Waals surface area contributed by atoms with Gasteiger partial charge in [0.2, 0.25) is 0 Å². The lowest BCUT2D eigenvalue weighted by atomic mass is 10.2. The molecule has 2 rings (SSSR count). The molecule has 96 valence electrons. The summed E-state index contributed by atoms with van der Waals surface area (Å²) in [4.78, 5) is 16.9. The van der Waals surface area contributed by atoms with E-state index in [1.54, 1.807) is 0 Å². The molecule has 1 saturated heterocycles. The Bertz CT molecular complexity index is 474. The number of hydrogen-bond donors (Lipinski definition) is 0. The van der Waals surface area contributed by atoms with Gasteiger partial charge < -0.3 is 4.90 Å². The van der Waals surface area contributed by atoms with Crippen molar-refractivity contribution in [1.29, 1.82) is 5.26 Å². The Morgan fingerprint density at radius 1 is 1.44 bits per heavy atom. The van der Waals surface area contributed by atoms with Crippen molar-refractivity contribution in [2.24, 2.45) is 0 Å². The fraction of sp³-hybridized carbons (Fsp3) is 0.500. The van der Waals surface area contributed by atoms with E-state index in [0.717, 1.165) is 21.8 Å². The van der Waals surface area contributed by atoms with Gasteiger partial charge >= 0.3 is 0 Å². The molecule has 18 heavy (non-hydrogen) atoms. The summed E-state index contributed by atoms with van der Waals surface area (Å²) >= 11 is 4.83.